The molecule has 1 aromatic carbocycles. The zero-order valence-electron chi connectivity index (χ0n) is 7.36. The zero-order valence-corrected chi connectivity index (χ0v) is 7.36. The van der Waals surface area contributed by atoms with E-state index >= 15 is 0 Å². The van der Waals surface area contributed by atoms with Gasteiger partial charge in [-0.2, -0.15) is 0 Å². The van der Waals surface area contributed by atoms with Crippen molar-refractivity contribution in [2.24, 2.45) is 5.84 Å². The summed E-state index contributed by atoms with van der Waals surface area (Å²) in [6.07, 6.45) is -4.39. The third-order valence-corrected chi connectivity index (χ3v) is 1.48. The molecule has 82 valence electrons. The van der Waals surface area contributed by atoms with E-state index in [2.05, 4.69) is 4.74 Å². The Labute approximate surface area is 83.0 Å². The van der Waals surface area contributed by atoms with Crippen LogP contribution in [-0.4, -0.2) is 12.8 Å². The van der Waals surface area contributed by atoms with Crippen LogP contribution in [0, 0.1) is 0 Å². The van der Waals surface area contributed by atoms with Gasteiger partial charge in [0.05, 0.1) is 5.69 Å². The van der Waals surface area contributed by atoms with E-state index in [0.717, 1.165) is 17.1 Å². The van der Waals surface area contributed by atoms with E-state index in [1.165, 1.54) is 12.1 Å². The number of amides is 1. The lowest BCUT2D eigenvalue weighted by Crippen LogP contribution is -2.28. The van der Waals surface area contributed by atoms with E-state index < -0.39 is 6.36 Å². The monoisotopic (exact) mass is 220 g/mol. The summed E-state index contributed by atoms with van der Waals surface area (Å²) in [5.41, 5.74) is 0.263. The topological polar surface area (TPSA) is 55.6 Å². The molecule has 0 aliphatic rings. The van der Waals surface area contributed by atoms with E-state index in [1.54, 1.807) is 0 Å². The normalized spacial score (nSPS) is 10.9. The van der Waals surface area contributed by atoms with Gasteiger partial charge in [0, 0.05) is 0 Å². The van der Waals surface area contributed by atoms with E-state index in [-0.39, 0.29) is 11.4 Å². The highest BCUT2D eigenvalue weighted by molar-refractivity contribution is 5.73. The van der Waals surface area contributed by atoms with Crippen LogP contribution in [0.15, 0.2) is 24.3 Å². The number of nitrogens with zero attached hydrogens (tertiary/aromatic N) is 1. The first kappa shape index (κ1) is 11.3. The average molecular weight is 220 g/mol. The van der Waals surface area contributed by atoms with Crippen LogP contribution >= 0.6 is 0 Å². The molecule has 0 bridgehead atoms. The van der Waals surface area contributed by atoms with Gasteiger partial charge in [-0.3, -0.25) is 9.80 Å². The van der Waals surface area contributed by atoms with Gasteiger partial charge >= 0.3 is 6.36 Å². The maximum atomic E-state index is 11.8. The molecule has 15 heavy (non-hydrogen) atoms. The van der Waals surface area contributed by atoms with Gasteiger partial charge < -0.3 is 4.74 Å². The minimum atomic E-state index is -4.73. The fraction of sp³-hybridized carbons (Fsp3) is 0.125. The molecule has 0 atom stereocenters. The number of hydrogen-bond donors (Lipinski definition) is 1. The van der Waals surface area contributed by atoms with Gasteiger partial charge in [-0.05, 0) is 24.3 Å². The molecule has 0 fully saturated rings. The van der Waals surface area contributed by atoms with Gasteiger partial charge in [-0.15, -0.1) is 13.2 Å². The number of halogens is 3. The smallest absolute Gasteiger partial charge is 0.406 e. The molecule has 0 aliphatic carbocycles. The lowest BCUT2D eigenvalue weighted by molar-refractivity contribution is -0.274. The largest absolute Gasteiger partial charge is 0.573 e. The number of alkyl halides is 3. The van der Waals surface area contributed by atoms with Crippen molar-refractivity contribution in [1.29, 1.82) is 0 Å². The number of hydrazine groups is 1. The Kier molecular flexibility index (Phi) is 3.15. The maximum absolute atomic E-state index is 11.8. The fourth-order valence-corrected chi connectivity index (χ4v) is 0.881. The molecule has 7 heteroatoms. The molecule has 0 aliphatic heterocycles. The number of nitrogens with two attached hydrogens (primary N) is 1. The lowest BCUT2D eigenvalue weighted by Gasteiger charge is -2.12. The third kappa shape index (κ3) is 3.47. The molecular formula is C8H7F3N2O2. The second-order valence-electron chi connectivity index (χ2n) is 2.55. The Morgan fingerprint density at radius 1 is 1.27 bits per heavy atom. The van der Waals surface area contributed by atoms with Crippen molar-refractivity contribution >= 4 is 12.1 Å². The van der Waals surface area contributed by atoms with Crippen LogP contribution in [0.25, 0.3) is 0 Å². The number of anilines is 1. The summed E-state index contributed by atoms with van der Waals surface area (Å²) in [6.45, 7) is 0. The molecule has 2 N–H and O–H groups in total. The van der Waals surface area contributed by atoms with Crippen LogP contribution in [0.3, 0.4) is 0 Å². The summed E-state index contributed by atoms with van der Waals surface area (Å²) in [5, 5.41) is 0.734. The van der Waals surface area contributed by atoms with Crippen LogP contribution in [0.5, 0.6) is 5.75 Å². The van der Waals surface area contributed by atoms with E-state index in [4.69, 9.17) is 5.84 Å². The summed E-state index contributed by atoms with van der Waals surface area (Å²) >= 11 is 0. The molecule has 0 spiro atoms. The second-order valence-corrected chi connectivity index (χ2v) is 2.55. The van der Waals surface area contributed by atoms with Crippen LogP contribution < -0.4 is 15.6 Å². The molecule has 0 saturated heterocycles. The maximum Gasteiger partial charge on any atom is 0.573 e. The molecular weight excluding hydrogens is 213 g/mol. The van der Waals surface area contributed by atoms with Crippen molar-refractivity contribution < 1.29 is 22.7 Å². The Bertz CT molecular complexity index is 337. The first-order valence-electron chi connectivity index (χ1n) is 3.77. The summed E-state index contributed by atoms with van der Waals surface area (Å²) in [4.78, 5) is 10.2. The minimum Gasteiger partial charge on any atom is -0.406 e. The Hall–Kier alpha value is -1.76. The van der Waals surface area contributed by atoms with Gasteiger partial charge in [-0.1, -0.05) is 0 Å². The van der Waals surface area contributed by atoms with Crippen LogP contribution in [0.4, 0.5) is 18.9 Å². The van der Waals surface area contributed by atoms with Crippen molar-refractivity contribution in [2.45, 2.75) is 6.36 Å². The van der Waals surface area contributed by atoms with Gasteiger partial charge in [0.15, 0.2) is 0 Å². The highest BCUT2D eigenvalue weighted by atomic mass is 19.4. The van der Waals surface area contributed by atoms with Crippen molar-refractivity contribution in [3.8, 4) is 5.75 Å². The summed E-state index contributed by atoms with van der Waals surface area (Å²) in [7, 11) is 0. The lowest BCUT2D eigenvalue weighted by atomic mass is 10.3. The second kappa shape index (κ2) is 4.18. The Balaban J connectivity index is 2.77. The predicted molar refractivity (Wildman–Crippen MR) is 45.9 cm³/mol. The Morgan fingerprint density at radius 2 is 1.80 bits per heavy atom. The fourth-order valence-electron chi connectivity index (χ4n) is 0.881. The molecule has 0 aromatic heterocycles. The molecule has 0 radical (unpaired) electrons. The van der Waals surface area contributed by atoms with Crippen LogP contribution in [-0.2, 0) is 4.79 Å². The highest BCUT2D eigenvalue weighted by Crippen LogP contribution is 2.24. The predicted octanol–water partition coefficient (Wildman–Crippen LogP) is 1.42. The van der Waals surface area contributed by atoms with Crippen molar-refractivity contribution in [2.75, 3.05) is 5.01 Å². The highest BCUT2D eigenvalue weighted by Gasteiger charge is 2.30. The molecule has 0 heterocycles. The van der Waals surface area contributed by atoms with Gasteiger partial charge in [0.2, 0.25) is 6.41 Å². The van der Waals surface area contributed by atoms with E-state index in [0.29, 0.717) is 6.41 Å². The van der Waals surface area contributed by atoms with Gasteiger partial charge in [-0.25, -0.2) is 5.84 Å². The third-order valence-electron chi connectivity index (χ3n) is 1.48. The minimum absolute atomic E-state index is 0.263. The SMILES string of the molecule is NN(C=O)c1ccc(OC(F)(F)F)cc1. The number of carbonyl (C=O) groups excluding carboxylic acids is 1. The number of rotatable bonds is 3. The summed E-state index contributed by atoms with van der Waals surface area (Å²) in [5.74, 6) is 4.80. The van der Waals surface area contributed by atoms with Crippen molar-refractivity contribution in [1.82, 2.24) is 0 Å². The number of hydrogen-bond acceptors (Lipinski definition) is 3. The molecule has 0 unspecified atom stereocenters. The van der Waals surface area contributed by atoms with E-state index in [1.807, 2.05) is 0 Å². The molecule has 0 saturated carbocycles. The number of ether oxygens (including phenoxy) is 1. The van der Waals surface area contributed by atoms with Gasteiger partial charge in [0.1, 0.15) is 5.75 Å². The van der Waals surface area contributed by atoms with Crippen molar-refractivity contribution in [3.05, 3.63) is 24.3 Å². The van der Waals surface area contributed by atoms with Crippen LogP contribution in [0.1, 0.15) is 0 Å². The zero-order chi connectivity index (χ0) is 11.5. The summed E-state index contributed by atoms with van der Waals surface area (Å²) < 4.78 is 38.9. The first-order chi connectivity index (χ1) is 6.92. The summed E-state index contributed by atoms with van der Waals surface area (Å²) in [6, 6.07) is 4.59. The van der Waals surface area contributed by atoms with Crippen molar-refractivity contribution in [3.63, 3.8) is 0 Å². The average Bonchev–Trinajstić information content (AvgIpc) is 2.15. The number of benzene rings is 1. The molecule has 1 amide bonds. The molecule has 1 rings (SSSR count). The molecule has 4 nitrogen and oxygen atoms in total. The molecule has 1 aromatic rings. The van der Waals surface area contributed by atoms with Crippen LogP contribution in [0.2, 0.25) is 0 Å². The van der Waals surface area contributed by atoms with E-state index in [9.17, 15) is 18.0 Å². The van der Waals surface area contributed by atoms with Gasteiger partial charge in [0.25, 0.3) is 0 Å². The standard InChI is InChI=1S/C8H7F3N2O2/c9-8(10,11)15-7-3-1-6(2-4-7)13(12)5-14/h1-5H,12H2. The number of carbonyl (C=O) groups is 1. The first-order valence-corrected chi connectivity index (χ1v) is 3.77. The Morgan fingerprint density at radius 3 is 2.20 bits per heavy atom. The quantitative estimate of drug-likeness (QED) is 0.363.